The molecule has 2 heterocycles. The average molecular weight is 369 g/mol. The number of nitrogens with zero attached hydrogens (tertiary/aromatic N) is 3. The standard InChI is InChI=1S/C21H27N3O3/c1-21(2,3)16-9-7-15(8-10-16)20(25)24-13-5-6-17(14-24)27-19-12-11-18(26-4)22-23-19/h7-12,17H,5-6,13-14H2,1-4H3. The van der Waals surface area contributed by atoms with Gasteiger partial charge in [-0.25, -0.2) is 0 Å². The molecule has 1 amide bonds. The normalized spacial score (nSPS) is 17.5. The van der Waals surface area contributed by atoms with Gasteiger partial charge >= 0.3 is 0 Å². The van der Waals surface area contributed by atoms with Crippen molar-refractivity contribution in [3.05, 3.63) is 47.5 Å². The molecule has 1 aliphatic heterocycles. The Labute approximate surface area is 160 Å². The van der Waals surface area contributed by atoms with Crippen LogP contribution in [0.1, 0.15) is 49.5 Å². The van der Waals surface area contributed by atoms with Gasteiger partial charge in [0.1, 0.15) is 6.10 Å². The lowest BCUT2D eigenvalue weighted by atomic mass is 9.86. The summed E-state index contributed by atoms with van der Waals surface area (Å²) in [5.74, 6) is 0.940. The van der Waals surface area contributed by atoms with Crippen molar-refractivity contribution < 1.29 is 14.3 Å². The number of carbonyl (C=O) groups is 1. The van der Waals surface area contributed by atoms with E-state index in [1.54, 1.807) is 19.2 Å². The Kier molecular flexibility index (Phi) is 5.63. The van der Waals surface area contributed by atoms with Gasteiger partial charge in [0.15, 0.2) is 0 Å². The van der Waals surface area contributed by atoms with Gasteiger partial charge in [-0.15, -0.1) is 10.2 Å². The summed E-state index contributed by atoms with van der Waals surface area (Å²) in [4.78, 5) is 14.7. The fourth-order valence-electron chi connectivity index (χ4n) is 3.16. The van der Waals surface area contributed by atoms with E-state index in [4.69, 9.17) is 9.47 Å². The molecule has 0 N–H and O–H groups in total. The summed E-state index contributed by atoms with van der Waals surface area (Å²) in [6.07, 6.45) is 1.71. The molecule has 0 radical (unpaired) electrons. The number of ether oxygens (including phenoxy) is 2. The average Bonchev–Trinajstić information content (AvgIpc) is 2.68. The zero-order chi connectivity index (χ0) is 19.4. The number of aromatic nitrogens is 2. The molecule has 1 unspecified atom stereocenters. The van der Waals surface area contributed by atoms with Gasteiger partial charge in [-0.1, -0.05) is 32.9 Å². The summed E-state index contributed by atoms with van der Waals surface area (Å²) < 4.78 is 10.9. The first kappa shape index (κ1) is 19.1. The van der Waals surface area contributed by atoms with Crippen molar-refractivity contribution in [2.75, 3.05) is 20.2 Å². The van der Waals surface area contributed by atoms with Gasteiger partial charge in [-0.05, 0) is 36.0 Å². The second kappa shape index (κ2) is 7.94. The lowest BCUT2D eigenvalue weighted by molar-refractivity contribution is 0.0525. The maximum absolute atomic E-state index is 12.9. The Morgan fingerprint density at radius 2 is 1.74 bits per heavy atom. The van der Waals surface area contributed by atoms with Gasteiger partial charge < -0.3 is 14.4 Å². The van der Waals surface area contributed by atoms with Gasteiger partial charge in [-0.2, -0.15) is 0 Å². The molecule has 0 saturated carbocycles. The number of likely N-dealkylation sites (tertiary alicyclic amines) is 1. The van der Waals surface area contributed by atoms with E-state index in [0.29, 0.717) is 23.9 Å². The first-order valence-electron chi connectivity index (χ1n) is 9.31. The molecule has 3 rings (SSSR count). The predicted molar refractivity (Wildman–Crippen MR) is 103 cm³/mol. The monoisotopic (exact) mass is 369 g/mol. The number of carbonyl (C=O) groups excluding carboxylic acids is 1. The summed E-state index contributed by atoms with van der Waals surface area (Å²) in [6.45, 7) is 7.79. The molecular formula is C21H27N3O3. The molecular weight excluding hydrogens is 342 g/mol. The minimum Gasteiger partial charge on any atom is -0.480 e. The quantitative estimate of drug-likeness (QED) is 0.826. The Morgan fingerprint density at radius 3 is 2.33 bits per heavy atom. The smallest absolute Gasteiger partial charge is 0.253 e. The minimum atomic E-state index is -0.0840. The molecule has 2 aromatic rings. The second-order valence-electron chi connectivity index (χ2n) is 7.87. The third-order valence-electron chi connectivity index (χ3n) is 4.78. The van der Waals surface area contributed by atoms with Gasteiger partial charge in [-0.3, -0.25) is 4.79 Å². The molecule has 144 valence electrons. The van der Waals surface area contributed by atoms with Crippen molar-refractivity contribution >= 4 is 5.91 Å². The molecule has 27 heavy (non-hydrogen) atoms. The van der Waals surface area contributed by atoms with Crippen molar-refractivity contribution in [3.8, 4) is 11.8 Å². The minimum absolute atomic E-state index is 0.0459. The third-order valence-corrected chi connectivity index (χ3v) is 4.78. The molecule has 1 aromatic heterocycles. The SMILES string of the molecule is COc1ccc(OC2CCCN(C(=O)c3ccc(C(C)(C)C)cc3)C2)nn1. The number of hydrogen-bond acceptors (Lipinski definition) is 5. The number of piperidine rings is 1. The van der Waals surface area contributed by atoms with Crippen LogP contribution in [0.4, 0.5) is 0 Å². The number of amides is 1. The second-order valence-corrected chi connectivity index (χ2v) is 7.87. The van der Waals surface area contributed by atoms with E-state index < -0.39 is 0 Å². The molecule has 6 nitrogen and oxygen atoms in total. The summed E-state index contributed by atoms with van der Waals surface area (Å²) in [7, 11) is 1.54. The Hall–Kier alpha value is -2.63. The molecule has 1 aromatic carbocycles. The van der Waals surface area contributed by atoms with E-state index in [1.807, 2.05) is 29.2 Å². The Balaban J connectivity index is 1.63. The third kappa shape index (κ3) is 4.76. The zero-order valence-electron chi connectivity index (χ0n) is 16.4. The predicted octanol–water partition coefficient (Wildman–Crippen LogP) is 3.47. The van der Waals surface area contributed by atoms with E-state index in [-0.39, 0.29) is 17.4 Å². The summed E-state index contributed by atoms with van der Waals surface area (Å²) in [5, 5.41) is 7.92. The van der Waals surface area contributed by atoms with E-state index >= 15 is 0 Å². The molecule has 6 heteroatoms. The van der Waals surface area contributed by atoms with Crippen LogP contribution in [-0.2, 0) is 5.41 Å². The molecule has 1 atom stereocenters. The Morgan fingerprint density at radius 1 is 1.07 bits per heavy atom. The maximum Gasteiger partial charge on any atom is 0.253 e. The molecule has 1 saturated heterocycles. The first-order valence-corrected chi connectivity index (χ1v) is 9.31. The van der Waals surface area contributed by atoms with Gasteiger partial charge in [0, 0.05) is 24.2 Å². The van der Waals surface area contributed by atoms with Crippen molar-refractivity contribution in [1.82, 2.24) is 15.1 Å². The highest BCUT2D eigenvalue weighted by Gasteiger charge is 2.26. The topological polar surface area (TPSA) is 64.6 Å². The van der Waals surface area contributed by atoms with Crippen LogP contribution in [0.3, 0.4) is 0 Å². The van der Waals surface area contributed by atoms with Crippen LogP contribution < -0.4 is 9.47 Å². The lowest BCUT2D eigenvalue weighted by Gasteiger charge is -2.32. The summed E-state index contributed by atoms with van der Waals surface area (Å²) in [5.41, 5.74) is 2.01. The van der Waals surface area contributed by atoms with E-state index in [9.17, 15) is 4.79 Å². The van der Waals surface area contributed by atoms with Crippen molar-refractivity contribution in [1.29, 1.82) is 0 Å². The zero-order valence-corrected chi connectivity index (χ0v) is 16.4. The number of benzene rings is 1. The highest BCUT2D eigenvalue weighted by molar-refractivity contribution is 5.94. The largest absolute Gasteiger partial charge is 0.480 e. The molecule has 0 bridgehead atoms. The van der Waals surface area contributed by atoms with Crippen LogP contribution in [0.25, 0.3) is 0 Å². The molecule has 0 spiro atoms. The fourth-order valence-corrected chi connectivity index (χ4v) is 3.16. The highest BCUT2D eigenvalue weighted by Crippen LogP contribution is 2.23. The van der Waals surface area contributed by atoms with Gasteiger partial charge in [0.05, 0.1) is 13.7 Å². The number of hydrogen-bond donors (Lipinski definition) is 0. The van der Waals surface area contributed by atoms with Crippen molar-refractivity contribution in [2.24, 2.45) is 0 Å². The van der Waals surface area contributed by atoms with Crippen LogP contribution in [-0.4, -0.2) is 47.3 Å². The summed E-state index contributed by atoms with van der Waals surface area (Å²) in [6, 6.07) is 11.4. The number of methoxy groups -OCH3 is 1. The van der Waals surface area contributed by atoms with E-state index in [1.165, 1.54) is 5.56 Å². The lowest BCUT2D eigenvalue weighted by Crippen LogP contribution is -2.44. The Bertz CT molecular complexity index is 767. The van der Waals surface area contributed by atoms with Crippen LogP contribution in [0.15, 0.2) is 36.4 Å². The highest BCUT2D eigenvalue weighted by atomic mass is 16.5. The number of rotatable bonds is 4. The van der Waals surface area contributed by atoms with E-state index in [0.717, 1.165) is 19.4 Å². The van der Waals surface area contributed by atoms with Gasteiger partial charge in [0.25, 0.3) is 5.91 Å². The van der Waals surface area contributed by atoms with Crippen molar-refractivity contribution in [3.63, 3.8) is 0 Å². The van der Waals surface area contributed by atoms with Crippen LogP contribution in [0, 0.1) is 0 Å². The fraction of sp³-hybridized carbons (Fsp3) is 0.476. The van der Waals surface area contributed by atoms with Crippen LogP contribution in [0.5, 0.6) is 11.8 Å². The van der Waals surface area contributed by atoms with Gasteiger partial charge in [0.2, 0.25) is 11.8 Å². The molecule has 0 aliphatic carbocycles. The maximum atomic E-state index is 12.9. The van der Waals surface area contributed by atoms with Crippen LogP contribution in [0.2, 0.25) is 0 Å². The van der Waals surface area contributed by atoms with Crippen LogP contribution >= 0.6 is 0 Å². The molecule has 1 aliphatic rings. The van der Waals surface area contributed by atoms with Crippen molar-refractivity contribution in [2.45, 2.75) is 45.1 Å². The summed E-state index contributed by atoms with van der Waals surface area (Å²) >= 11 is 0. The van der Waals surface area contributed by atoms with E-state index in [2.05, 4.69) is 31.0 Å². The molecule has 1 fully saturated rings. The first-order chi connectivity index (χ1) is 12.9.